The highest BCUT2D eigenvalue weighted by atomic mass is 16.5. The van der Waals surface area contributed by atoms with E-state index in [0.29, 0.717) is 25.6 Å². The lowest BCUT2D eigenvalue weighted by atomic mass is 10.3. The van der Waals surface area contributed by atoms with Crippen LogP contribution in [0.1, 0.15) is 16.8 Å². The summed E-state index contributed by atoms with van der Waals surface area (Å²) in [6, 6.07) is 0. The van der Waals surface area contributed by atoms with Crippen molar-refractivity contribution in [2.75, 3.05) is 84.1 Å². The van der Waals surface area contributed by atoms with Crippen LogP contribution in [0.4, 0.5) is 5.95 Å². The number of nitrogens with one attached hydrogen (secondary N) is 1. The Bertz CT molecular complexity index is 601. The highest BCUT2D eigenvalue weighted by Crippen LogP contribution is 2.10. The molecule has 2 aliphatic heterocycles. The second kappa shape index (κ2) is 13.2. The van der Waals surface area contributed by atoms with Crippen molar-refractivity contribution in [3.8, 4) is 0 Å². The predicted octanol–water partition coefficient (Wildman–Crippen LogP) is -0.576. The van der Waals surface area contributed by atoms with Crippen LogP contribution in [-0.2, 0) is 9.53 Å². The first-order valence-corrected chi connectivity index (χ1v) is 10.0. The normalized spacial score (nSPS) is 18.0. The smallest absolute Gasteiger partial charge is 0.338 e. The summed E-state index contributed by atoms with van der Waals surface area (Å²) in [6.07, 6.45) is 3.96. The summed E-state index contributed by atoms with van der Waals surface area (Å²) in [5.41, 5.74) is 0.0925. The van der Waals surface area contributed by atoms with Crippen molar-refractivity contribution < 1.29 is 19.4 Å². The second-order valence-corrected chi connectivity index (χ2v) is 7.03. The summed E-state index contributed by atoms with van der Waals surface area (Å²) >= 11 is 0. The summed E-state index contributed by atoms with van der Waals surface area (Å²) in [6.45, 7) is 10.0. The molecule has 2 saturated heterocycles. The zero-order chi connectivity index (χ0) is 20.9. The van der Waals surface area contributed by atoms with Gasteiger partial charge < -0.3 is 29.8 Å². The van der Waals surface area contributed by atoms with E-state index < -0.39 is 5.97 Å². The van der Waals surface area contributed by atoms with E-state index >= 15 is 0 Å². The molecule has 0 spiro atoms. The van der Waals surface area contributed by atoms with Gasteiger partial charge in [0.2, 0.25) is 5.95 Å². The topological polar surface area (TPSA) is 111 Å². The molecule has 1 aromatic rings. The Hall–Kier alpha value is -2.14. The fourth-order valence-electron chi connectivity index (χ4n) is 2.97. The van der Waals surface area contributed by atoms with E-state index in [9.17, 15) is 9.59 Å². The van der Waals surface area contributed by atoms with Crippen LogP contribution in [0.2, 0.25) is 0 Å². The van der Waals surface area contributed by atoms with Crippen molar-refractivity contribution in [3.05, 3.63) is 18.0 Å². The number of carboxylic acids is 1. The van der Waals surface area contributed by atoms with Gasteiger partial charge in [0.15, 0.2) is 0 Å². The van der Waals surface area contributed by atoms with Gasteiger partial charge in [-0.15, -0.1) is 0 Å². The maximum absolute atomic E-state index is 10.8. The number of piperazine rings is 2. The summed E-state index contributed by atoms with van der Waals surface area (Å²) < 4.78 is 5.36. The predicted molar refractivity (Wildman–Crippen MR) is 110 cm³/mol. The van der Waals surface area contributed by atoms with E-state index in [-0.39, 0.29) is 5.56 Å². The molecular weight excluding hydrogens is 376 g/mol. The van der Waals surface area contributed by atoms with Crippen molar-refractivity contribution in [2.45, 2.75) is 6.42 Å². The van der Waals surface area contributed by atoms with Crippen molar-refractivity contribution in [2.24, 2.45) is 0 Å². The number of hydrogen-bond donors (Lipinski definition) is 2. The Morgan fingerprint density at radius 1 is 1.14 bits per heavy atom. The minimum absolute atomic E-state index is 0.0925. The second-order valence-electron chi connectivity index (χ2n) is 7.03. The average molecular weight is 409 g/mol. The SMILES string of the molecule is CN1CCNCC1.O=CCCOCCN1CCN(c2ncc(C(=O)O)cn2)CC1. The molecule has 3 heterocycles. The number of carbonyl (C=O) groups is 2. The number of ether oxygens (including phenoxy) is 1. The van der Waals surface area contributed by atoms with Gasteiger partial charge in [-0.25, -0.2) is 14.8 Å². The maximum Gasteiger partial charge on any atom is 0.338 e. The summed E-state index contributed by atoms with van der Waals surface area (Å²) in [5.74, 6) is -0.460. The highest BCUT2D eigenvalue weighted by Gasteiger charge is 2.19. The number of aldehydes is 1. The van der Waals surface area contributed by atoms with Gasteiger partial charge in [0.05, 0.1) is 18.8 Å². The molecule has 3 rings (SSSR count). The minimum Gasteiger partial charge on any atom is -0.478 e. The first-order chi connectivity index (χ1) is 14.1. The number of aromatic carboxylic acids is 1. The monoisotopic (exact) mass is 408 g/mol. The van der Waals surface area contributed by atoms with Gasteiger partial charge in [-0.05, 0) is 7.05 Å². The Balaban J connectivity index is 0.000000360. The summed E-state index contributed by atoms with van der Waals surface area (Å²) in [7, 11) is 2.15. The van der Waals surface area contributed by atoms with E-state index in [0.717, 1.165) is 52.1 Å². The number of nitrogens with zero attached hydrogens (tertiary/aromatic N) is 5. The van der Waals surface area contributed by atoms with Crippen molar-refractivity contribution in [1.29, 1.82) is 0 Å². The molecule has 2 N–H and O–H groups in total. The van der Waals surface area contributed by atoms with Crippen LogP contribution in [0.5, 0.6) is 0 Å². The van der Waals surface area contributed by atoms with Gasteiger partial charge in [0, 0.05) is 77.7 Å². The molecular formula is C19H32N6O4. The standard InChI is InChI=1S/C14H20N4O4.C5H12N2/c19-7-1-8-22-9-6-17-2-4-18(5-3-17)14-15-10-12(11-16-14)13(20)21;1-7-4-2-6-3-5-7/h7,10-11H,1-6,8-9H2,(H,20,21);6H,2-5H2,1H3. The molecule has 0 atom stereocenters. The quantitative estimate of drug-likeness (QED) is 0.428. The van der Waals surface area contributed by atoms with Gasteiger partial charge >= 0.3 is 5.97 Å². The Morgan fingerprint density at radius 2 is 1.79 bits per heavy atom. The van der Waals surface area contributed by atoms with Crippen LogP contribution >= 0.6 is 0 Å². The van der Waals surface area contributed by atoms with Crippen LogP contribution in [0, 0.1) is 0 Å². The molecule has 162 valence electrons. The number of anilines is 1. The maximum atomic E-state index is 10.8. The van der Waals surface area contributed by atoms with Crippen LogP contribution in [0.3, 0.4) is 0 Å². The number of carboxylic acid groups (broad SMARTS) is 1. The van der Waals surface area contributed by atoms with Gasteiger partial charge in [-0.1, -0.05) is 0 Å². The lowest BCUT2D eigenvalue weighted by Gasteiger charge is -2.34. The molecule has 2 fully saturated rings. The van der Waals surface area contributed by atoms with Crippen molar-refractivity contribution in [3.63, 3.8) is 0 Å². The third kappa shape index (κ3) is 8.82. The van der Waals surface area contributed by atoms with E-state index in [1.807, 2.05) is 4.90 Å². The van der Waals surface area contributed by atoms with Crippen LogP contribution in [-0.4, -0.2) is 116 Å². The summed E-state index contributed by atoms with van der Waals surface area (Å²) in [4.78, 5) is 35.8. The largest absolute Gasteiger partial charge is 0.478 e. The Kier molecular flexibility index (Phi) is 10.5. The van der Waals surface area contributed by atoms with Crippen LogP contribution in [0.25, 0.3) is 0 Å². The molecule has 0 unspecified atom stereocenters. The van der Waals surface area contributed by atoms with Crippen molar-refractivity contribution in [1.82, 2.24) is 25.1 Å². The lowest BCUT2D eigenvalue weighted by molar-refractivity contribution is -0.108. The third-order valence-electron chi connectivity index (χ3n) is 4.81. The van der Waals surface area contributed by atoms with Gasteiger partial charge in [-0.2, -0.15) is 0 Å². The van der Waals surface area contributed by atoms with Gasteiger partial charge in [0.25, 0.3) is 0 Å². The fraction of sp³-hybridized carbons (Fsp3) is 0.684. The van der Waals surface area contributed by atoms with Crippen LogP contribution < -0.4 is 10.2 Å². The molecule has 0 bridgehead atoms. The van der Waals surface area contributed by atoms with E-state index in [1.54, 1.807) is 0 Å². The summed E-state index contributed by atoms with van der Waals surface area (Å²) in [5, 5.41) is 12.1. The number of rotatable bonds is 8. The number of likely N-dealkylation sites (N-methyl/N-ethyl adjacent to an activating group) is 1. The molecule has 2 aliphatic rings. The molecule has 1 aromatic heterocycles. The molecule has 10 heteroatoms. The molecule has 0 aliphatic carbocycles. The first kappa shape index (κ1) is 23.1. The number of hydrogen-bond acceptors (Lipinski definition) is 9. The van der Waals surface area contributed by atoms with E-state index in [2.05, 4.69) is 32.1 Å². The third-order valence-corrected chi connectivity index (χ3v) is 4.81. The van der Waals surface area contributed by atoms with Gasteiger partial charge in [-0.3, -0.25) is 4.90 Å². The van der Waals surface area contributed by atoms with Crippen molar-refractivity contribution >= 4 is 18.2 Å². The van der Waals surface area contributed by atoms with Gasteiger partial charge in [0.1, 0.15) is 6.29 Å². The van der Waals surface area contributed by atoms with Crippen LogP contribution in [0.15, 0.2) is 12.4 Å². The molecule has 0 aromatic carbocycles. The minimum atomic E-state index is -1.02. The number of carbonyl (C=O) groups excluding carboxylic acids is 1. The Morgan fingerprint density at radius 3 is 2.31 bits per heavy atom. The molecule has 0 amide bonds. The molecule has 0 saturated carbocycles. The lowest BCUT2D eigenvalue weighted by Crippen LogP contribution is -2.47. The Labute approximate surface area is 171 Å². The van der Waals surface area contributed by atoms with E-state index in [4.69, 9.17) is 9.84 Å². The zero-order valence-corrected chi connectivity index (χ0v) is 17.1. The zero-order valence-electron chi connectivity index (χ0n) is 17.1. The fourth-order valence-corrected chi connectivity index (χ4v) is 2.97. The molecule has 10 nitrogen and oxygen atoms in total. The molecule has 29 heavy (non-hydrogen) atoms. The highest BCUT2D eigenvalue weighted by molar-refractivity contribution is 5.86. The first-order valence-electron chi connectivity index (χ1n) is 10.0. The molecule has 0 radical (unpaired) electrons. The average Bonchev–Trinajstić information content (AvgIpc) is 2.75. The van der Waals surface area contributed by atoms with E-state index in [1.165, 1.54) is 25.5 Å². The number of aromatic nitrogens is 2.